The third-order valence-electron chi connectivity index (χ3n) is 1.72. The minimum absolute atomic E-state index is 0.144. The van der Waals surface area contributed by atoms with Gasteiger partial charge >= 0.3 is 5.97 Å². The van der Waals surface area contributed by atoms with E-state index in [4.69, 9.17) is 5.11 Å². The van der Waals surface area contributed by atoms with Crippen LogP contribution in [0.1, 0.15) is 20.2 Å². The molecule has 0 fully saturated rings. The molecule has 0 aliphatic heterocycles. The SMILES string of the molecule is O=C(Nc1ccc(C(=O)O)s1)c1ccon1. The average molecular weight is 238 g/mol. The Bertz CT molecular complexity index is 517. The smallest absolute Gasteiger partial charge is 0.345 e. The number of amides is 1. The molecule has 0 bridgehead atoms. The molecule has 0 aliphatic rings. The number of nitrogens with zero attached hydrogens (tertiary/aromatic N) is 1. The molecule has 1 amide bonds. The van der Waals surface area contributed by atoms with E-state index in [-0.39, 0.29) is 10.6 Å². The summed E-state index contributed by atoms with van der Waals surface area (Å²) in [6.07, 6.45) is 1.28. The lowest BCUT2D eigenvalue weighted by Gasteiger charge is -1.96. The fourth-order valence-corrected chi connectivity index (χ4v) is 1.77. The zero-order valence-corrected chi connectivity index (χ0v) is 8.65. The molecule has 0 unspecified atom stereocenters. The van der Waals surface area contributed by atoms with Crippen LogP contribution in [0.2, 0.25) is 0 Å². The van der Waals surface area contributed by atoms with Crippen molar-refractivity contribution in [3.8, 4) is 0 Å². The van der Waals surface area contributed by atoms with Crippen LogP contribution in [0, 0.1) is 0 Å². The summed E-state index contributed by atoms with van der Waals surface area (Å²) in [5.41, 5.74) is 0.144. The van der Waals surface area contributed by atoms with Gasteiger partial charge in [0, 0.05) is 6.07 Å². The molecular formula is C9H6N2O4S. The molecule has 0 spiro atoms. The highest BCUT2D eigenvalue weighted by molar-refractivity contribution is 7.18. The molecule has 82 valence electrons. The van der Waals surface area contributed by atoms with Crippen LogP contribution in [-0.2, 0) is 0 Å². The molecule has 16 heavy (non-hydrogen) atoms. The van der Waals surface area contributed by atoms with Gasteiger partial charge in [-0.3, -0.25) is 4.79 Å². The summed E-state index contributed by atoms with van der Waals surface area (Å²) in [5, 5.41) is 15.1. The highest BCUT2D eigenvalue weighted by Gasteiger charge is 2.12. The van der Waals surface area contributed by atoms with Crippen LogP contribution >= 0.6 is 11.3 Å². The maximum absolute atomic E-state index is 11.5. The molecule has 7 heteroatoms. The number of hydrogen-bond acceptors (Lipinski definition) is 5. The first-order chi connectivity index (χ1) is 7.66. The molecule has 0 atom stereocenters. The van der Waals surface area contributed by atoms with Crippen LogP contribution < -0.4 is 5.32 Å². The van der Waals surface area contributed by atoms with Gasteiger partial charge in [-0.1, -0.05) is 5.16 Å². The average Bonchev–Trinajstić information content (AvgIpc) is 2.87. The van der Waals surface area contributed by atoms with Crippen molar-refractivity contribution in [2.75, 3.05) is 5.32 Å². The summed E-state index contributed by atoms with van der Waals surface area (Å²) in [5.74, 6) is -1.46. The maximum Gasteiger partial charge on any atom is 0.345 e. The van der Waals surface area contributed by atoms with E-state index in [2.05, 4.69) is 15.0 Å². The fourth-order valence-electron chi connectivity index (χ4n) is 1.03. The molecule has 2 aromatic heterocycles. The van der Waals surface area contributed by atoms with E-state index in [0.29, 0.717) is 5.00 Å². The molecule has 2 N–H and O–H groups in total. The minimum Gasteiger partial charge on any atom is -0.477 e. The van der Waals surface area contributed by atoms with Gasteiger partial charge in [0.2, 0.25) is 0 Å². The Hall–Kier alpha value is -2.15. The number of carbonyl (C=O) groups is 2. The number of carboxylic acids is 1. The summed E-state index contributed by atoms with van der Waals surface area (Å²) in [4.78, 5) is 22.2. The molecule has 2 aromatic rings. The number of thiophene rings is 1. The van der Waals surface area contributed by atoms with Crippen LogP contribution in [0.3, 0.4) is 0 Å². The van der Waals surface area contributed by atoms with Gasteiger partial charge in [0.1, 0.15) is 11.1 Å². The van der Waals surface area contributed by atoms with E-state index in [9.17, 15) is 9.59 Å². The Balaban J connectivity index is 2.09. The molecule has 2 rings (SSSR count). The van der Waals surface area contributed by atoms with Crippen molar-refractivity contribution >= 4 is 28.2 Å². The van der Waals surface area contributed by atoms with Gasteiger partial charge in [0.25, 0.3) is 5.91 Å². The van der Waals surface area contributed by atoms with Crippen molar-refractivity contribution in [2.45, 2.75) is 0 Å². The zero-order chi connectivity index (χ0) is 11.5. The van der Waals surface area contributed by atoms with Crippen LogP contribution in [0.4, 0.5) is 5.00 Å². The van der Waals surface area contributed by atoms with E-state index in [0.717, 1.165) is 11.3 Å². The van der Waals surface area contributed by atoms with Crippen molar-refractivity contribution in [1.29, 1.82) is 0 Å². The number of carbonyl (C=O) groups excluding carboxylic acids is 1. The van der Waals surface area contributed by atoms with E-state index >= 15 is 0 Å². The standard InChI is InChI=1S/C9H6N2O4S/c12-8(5-3-4-15-11-5)10-7-2-1-6(16-7)9(13)14/h1-4H,(H,10,12)(H,13,14). The van der Waals surface area contributed by atoms with Gasteiger partial charge in [0.05, 0.1) is 5.00 Å². The Morgan fingerprint density at radius 2 is 2.19 bits per heavy atom. The Morgan fingerprint density at radius 3 is 2.75 bits per heavy atom. The normalized spacial score (nSPS) is 10.0. The first-order valence-corrected chi connectivity index (χ1v) is 5.03. The van der Waals surface area contributed by atoms with Crippen LogP contribution in [0.15, 0.2) is 29.0 Å². The highest BCUT2D eigenvalue weighted by atomic mass is 32.1. The lowest BCUT2D eigenvalue weighted by Crippen LogP contribution is -2.10. The minimum atomic E-state index is -1.02. The highest BCUT2D eigenvalue weighted by Crippen LogP contribution is 2.22. The second-order valence-corrected chi connectivity index (χ2v) is 3.89. The quantitative estimate of drug-likeness (QED) is 0.848. The van der Waals surface area contributed by atoms with Crippen molar-refractivity contribution in [2.24, 2.45) is 0 Å². The summed E-state index contributed by atoms with van der Waals surface area (Å²) in [6.45, 7) is 0. The van der Waals surface area contributed by atoms with Crippen molar-refractivity contribution < 1.29 is 19.2 Å². The topological polar surface area (TPSA) is 92.4 Å². The molecule has 0 saturated heterocycles. The molecule has 0 aliphatic carbocycles. The second-order valence-electron chi connectivity index (χ2n) is 2.81. The van der Waals surface area contributed by atoms with E-state index in [1.807, 2.05) is 0 Å². The van der Waals surface area contributed by atoms with Gasteiger partial charge in [-0.05, 0) is 12.1 Å². The number of aromatic nitrogens is 1. The molecular weight excluding hydrogens is 232 g/mol. The third kappa shape index (κ3) is 2.09. The monoisotopic (exact) mass is 238 g/mol. The lowest BCUT2D eigenvalue weighted by molar-refractivity contribution is 0.0702. The van der Waals surface area contributed by atoms with E-state index in [1.165, 1.54) is 24.5 Å². The second kappa shape index (κ2) is 4.15. The van der Waals surface area contributed by atoms with Crippen molar-refractivity contribution in [1.82, 2.24) is 5.16 Å². The molecule has 2 heterocycles. The largest absolute Gasteiger partial charge is 0.477 e. The summed E-state index contributed by atoms with van der Waals surface area (Å²) in [7, 11) is 0. The van der Waals surface area contributed by atoms with Gasteiger partial charge in [-0.2, -0.15) is 0 Å². The van der Waals surface area contributed by atoms with Crippen molar-refractivity contribution in [3.05, 3.63) is 35.0 Å². The first-order valence-electron chi connectivity index (χ1n) is 4.21. The Morgan fingerprint density at radius 1 is 1.38 bits per heavy atom. The number of nitrogens with one attached hydrogen (secondary N) is 1. The van der Waals surface area contributed by atoms with Gasteiger partial charge in [-0.25, -0.2) is 4.79 Å². The van der Waals surface area contributed by atoms with Crippen LogP contribution in [0.5, 0.6) is 0 Å². The van der Waals surface area contributed by atoms with E-state index in [1.54, 1.807) is 0 Å². The predicted molar refractivity (Wildman–Crippen MR) is 55.7 cm³/mol. The lowest BCUT2D eigenvalue weighted by atomic mass is 10.4. The third-order valence-corrected chi connectivity index (χ3v) is 2.71. The number of carboxylic acid groups (broad SMARTS) is 1. The molecule has 6 nitrogen and oxygen atoms in total. The number of anilines is 1. The number of hydrogen-bond donors (Lipinski definition) is 2. The molecule has 0 aromatic carbocycles. The van der Waals surface area contributed by atoms with Gasteiger partial charge < -0.3 is 14.9 Å². The number of rotatable bonds is 3. The van der Waals surface area contributed by atoms with Crippen LogP contribution in [0.25, 0.3) is 0 Å². The summed E-state index contributed by atoms with van der Waals surface area (Å²) < 4.78 is 4.52. The molecule has 0 saturated carbocycles. The van der Waals surface area contributed by atoms with E-state index < -0.39 is 11.9 Å². The zero-order valence-electron chi connectivity index (χ0n) is 7.84. The Labute approximate surface area is 93.5 Å². The van der Waals surface area contributed by atoms with Gasteiger partial charge in [-0.15, -0.1) is 11.3 Å². The predicted octanol–water partition coefficient (Wildman–Crippen LogP) is 1.69. The summed E-state index contributed by atoms with van der Waals surface area (Å²) in [6, 6.07) is 4.36. The summed E-state index contributed by atoms with van der Waals surface area (Å²) >= 11 is 0.977. The van der Waals surface area contributed by atoms with Crippen molar-refractivity contribution in [3.63, 3.8) is 0 Å². The van der Waals surface area contributed by atoms with Crippen LogP contribution in [-0.4, -0.2) is 22.1 Å². The maximum atomic E-state index is 11.5. The fraction of sp³-hybridized carbons (Fsp3) is 0. The molecule has 0 radical (unpaired) electrons. The van der Waals surface area contributed by atoms with Gasteiger partial charge in [0.15, 0.2) is 5.69 Å². The number of aromatic carboxylic acids is 1. The first kappa shape index (κ1) is 10.4. The Kier molecular flexibility index (Phi) is 2.69.